The van der Waals surface area contributed by atoms with Gasteiger partial charge in [0.25, 0.3) is 5.69 Å². The Kier molecular flexibility index (Phi) is 6.26. The van der Waals surface area contributed by atoms with Crippen molar-refractivity contribution in [3.05, 3.63) is 69.2 Å². The van der Waals surface area contributed by atoms with Gasteiger partial charge < -0.3 is 10.2 Å². The van der Waals surface area contributed by atoms with Gasteiger partial charge in [0.05, 0.1) is 11.5 Å². The molecular weight excluding hydrogens is 368 g/mol. The Balaban J connectivity index is 1.45. The summed E-state index contributed by atoms with van der Waals surface area (Å²) in [6, 6.07) is 14.0. The summed E-state index contributed by atoms with van der Waals surface area (Å²) in [7, 11) is 0. The highest BCUT2D eigenvalue weighted by atomic mass is 35.5. The van der Waals surface area contributed by atoms with E-state index in [1.54, 1.807) is 12.1 Å². The van der Waals surface area contributed by atoms with E-state index in [1.807, 2.05) is 29.2 Å². The first-order valence-corrected chi connectivity index (χ1v) is 9.12. The van der Waals surface area contributed by atoms with E-state index < -0.39 is 4.92 Å². The summed E-state index contributed by atoms with van der Waals surface area (Å²) >= 11 is 5.91. The zero-order valence-corrected chi connectivity index (χ0v) is 15.6. The average Bonchev–Trinajstić information content (AvgIpc) is 2.68. The van der Waals surface area contributed by atoms with Crippen molar-refractivity contribution in [3.8, 4) is 0 Å². The van der Waals surface area contributed by atoms with E-state index in [-0.39, 0.29) is 18.1 Å². The molecule has 142 valence electrons. The Hall–Kier alpha value is -2.64. The second kappa shape index (κ2) is 8.83. The summed E-state index contributed by atoms with van der Waals surface area (Å²) in [5.41, 5.74) is 1.77. The quantitative estimate of drug-likeness (QED) is 0.608. The van der Waals surface area contributed by atoms with Crippen LogP contribution in [0.3, 0.4) is 0 Å². The van der Waals surface area contributed by atoms with Gasteiger partial charge in [-0.25, -0.2) is 0 Å². The third-order valence-corrected chi connectivity index (χ3v) is 4.80. The Morgan fingerprint density at radius 2 is 1.81 bits per heavy atom. The number of piperazine rings is 1. The molecule has 3 rings (SSSR count). The number of hydrogen-bond acceptors (Lipinski definition) is 5. The van der Waals surface area contributed by atoms with Gasteiger partial charge in [0, 0.05) is 55.6 Å². The maximum Gasteiger partial charge on any atom is 0.271 e. The number of halogens is 1. The van der Waals surface area contributed by atoms with Gasteiger partial charge in [-0.15, -0.1) is 0 Å². The monoisotopic (exact) mass is 388 g/mol. The standard InChI is InChI=1S/C19H21ClN4O3/c20-16-6-4-15(5-7-16)14-22-8-10-23(11-9-22)19(25)13-21-17-2-1-3-18(12-17)24(26)27/h1-7,12,21H,8-11,13-14H2. The maximum absolute atomic E-state index is 12.4. The molecule has 0 saturated carbocycles. The number of nitrogens with one attached hydrogen (secondary N) is 1. The molecule has 0 unspecified atom stereocenters. The number of carbonyl (C=O) groups is 1. The lowest BCUT2D eigenvalue weighted by atomic mass is 10.2. The molecule has 8 heteroatoms. The SMILES string of the molecule is O=C(CNc1cccc([N+](=O)[O-])c1)N1CCN(Cc2ccc(Cl)cc2)CC1. The lowest BCUT2D eigenvalue weighted by Gasteiger charge is -2.34. The molecule has 2 aromatic rings. The highest BCUT2D eigenvalue weighted by molar-refractivity contribution is 6.30. The first kappa shape index (κ1) is 19.1. The van der Waals surface area contributed by atoms with Crippen LogP contribution in [0.25, 0.3) is 0 Å². The molecule has 0 aromatic heterocycles. The van der Waals surface area contributed by atoms with Gasteiger partial charge in [0.15, 0.2) is 0 Å². The number of nitro groups is 1. The molecule has 1 heterocycles. The van der Waals surface area contributed by atoms with E-state index in [0.29, 0.717) is 18.8 Å². The van der Waals surface area contributed by atoms with Crippen LogP contribution >= 0.6 is 11.6 Å². The molecule has 1 saturated heterocycles. The Bertz CT molecular complexity index is 805. The van der Waals surface area contributed by atoms with Gasteiger partial charge in [-0.05, 0) is 23.8 Å². The van der Waals surface area contributed by atoms with Gasteiger partial charge in [-0.1, -0.05) is 29.8 Å². The molecule has 1 fully saturated rings. The van der Waals surface area contributed by atoms with Crippen LogP contribution < -0.4 is 5.32 Å². The predicted molar refractivity (Wildman–Crippen MR) is 105 cm³/mol. The lowest BCUT2D eigenvalue weighted by molar-refractivity contribution is -0.384. The van der Waals surface area contributed by atoms with Crippen molar-refractivity contribution in [2.24, 2.45) is 0 Å². The van der Waals surface area contributed by atoms with E-state index in [0.717, 1.165) is 24.7 Å². The first-order chi connectivity index (χ1) is 13.0. The smallest absolute Gasteiger partial charge is 0.271 e. The van der Waals surface area contributed by atoms with E-state index in [2.05, 4.69) is 10.2 Å². The van der Waals surface area contributed by atoms with Crippen molar-refractivity contribution in [1.29, 1.82) is 0 Å². The summed E-state index contributed by atoms with van der Waals surface area (Å²) in [5, 5.41) is 14.5. The second-order valence-electron chi connectivity index (χ2n) is 6.44. The molecule has 0 bridgehead atoms. The number of hydrogen-bond donors (Lipinski definition) is 1. The highest BCUT2D eigenvalue weighted by Gasteiger charge is 2.21. The van der Waals surface area contributed by atoms with Crippen LogP contribution in [0.15, 0.2) is 48.5 Å². The Morgan fingerprint density at radius 1 is 1.11 bits per heavy atom. The second-order valence-corrected chi connectivity index (χ2v) is 6.88. The summed E-state index contributed by atoms with van der Waals surface area (Å²) in [4.78, 5) is 26.9. The van der Waals surface area contributed by atoms with Crippen LogP contribution in [-0.4, -0.2) is 53.4 Å². The van der Waals surface area contributed by atoms with Crippen LogP contribution in [-0.2, 0) is 11.3 Å². The molecule has 2 aromatic carbocycles. The van der Waals surface area contributed by atoms with Crippen molar-refractivity contribution in [3.63, 3.8) is 0 Å². The maximum atomic E-state index is 12.4. The molecular formula is C19H21ClN4O3. The van der Waals surface area contributed by atoms with Crippen molar-refractivity contribution >= 4 is 28.9 Å². The van der Waals surface area contributed by atoms with E-state index in [9.17, 15) is 14.9 Å². The Morgan fingerprint density at radius 3 is 2.48 bits per heavy atom. The van der Waals surface area contributed by atoms with Crippen molar-refractivity contribution in [1.82, 2.24) is 9.80 Å². The number of non-ortho nitro benzene ring substituents is 1. The summed E-state index contributed by atoms with van der Waals surface area (Å²) in [6.07, 6.45) is 0. The minimum Gasteiger partial charge on any atom is -0.376 e. The fourth-order valence-electron chi connectivity index (χ4n) is 3.02. The van der Waals surface area contributed by atoms with Crippen LogP contribution in [0.4, 0.5) is 11.4 Å². The van der Waals surface area contributed by atoms with Gasteiger partial charge >= 0.3 is 0 Å². The van der Waals surface area contributed by atoms with Crippen molar-refractivity contribution < 1.29 is 9.72 Å². The summed E-state index contributed by atoms with van der Waals surface area (Å²) in [5.74, 6) is -0.00681. The molecule has 0 aliphatic carbocycles. The largest absolute Gasteiger partial charge is 0.376 e. The molecule has 0 spiro atoms. The number of nitro benzene ring substituents is 1. The van der Waals surface area contributed by atoms with E-state index >= 15 is 0 Å². The summed E-state index contributed by atoms with van der Waals surface area (Å²) < 4.78 is 0. The van der Waals surface area contributed by atoms with E-state index in [1.165, 1.54) is 17.7 Å². The fourth-order valence-corrected chi connectivity index (χ4v) is 3.15. The Labute approximate surface area is 162 Å². The molecule has 0 atom stereocenters. The topological polar surface area (TPSA) is 78.7 Å². The molecule has 7 nitrogen and oxygen atoms in total. The van der Waals surface area contributed by atoms with Gasteiger partial charge in [0.1, 0.15) is 0 Å². The van der Waals surface area contributed by atoms with Crippen molar-refractivity contribution in [2.75, 3.05) is 38.0 Å². The molecule has 1 aliphatic heterocycles. The number of benzene rings is 2. The average molecular weight is 389 g/mol. The highest BCUT2D eigenvalue weighted by Crippen LogP contribution is 2.17. The van der Waals surface area contributed by atoms with Crippen LogP contribution in [0.1, 0.15) is 5.56 Å². The molecule has 1 amide bonds. The normalized spacial score (nSPS) is 14.8. The third kappa shape index (κ3) is 5.42. The molecule has 27 heavy (non-hydrogen) atoms. The zero-order valence-electron chi connectivity index (χ0n) is 14.8. The predicted octanol–water partition coefficient (Wildman–Crippen LogP) is 3.00. The summed E-state index contributed by atoms with van der Waals surface area (Å²) in [6.45, 7) is 3.92. The fraction of sp³-hybridized carbons (Fsp3) is 0.316. The number of carbonyl (C=O) groups excluding carboxylic acids is 1. The third-order valence-electron chi connectivity index (χ3n) is 4.55. The molecule has 0 radical (unpaired) electrons. The first-order valence-electron chi connectivity index (χ1n) is 8.74. The van der Waals surface area contributed by atoms with Gasteiger partial charge in [0.2, 0.25) is 5.91 Å². The number of amides is 1. The number of nitrogens with zero attached hydrogens (tertiary/aromatic N) is 3. The van der Waals surface area contributed by atoms with E-state index in [4.69, 9.17) is 11.6 Å². The van der Waals surface area contributed by atoms with Crippen LogP contribution in [0.2, 0.25) is 5.02 Å². The van der Waals surface area contributed by atoms with Crippen LogP contribution in [0.5, 0.6) is 0 Å². The number of anilines is 1. The molecule has 1 aliphatic rings. The van der Waals surface area contributed by atoms with Crippen molar-refractivity contribution in [2.45, 2.75) is 6.54 Å². The van der Waals surface area contributed by atoms with Gasteiger partial charge in [-0.3, -0.25) is 19.8 Å². The lowest BCUT2D eigenvalue weighted by Crippen LogP contribution is -2.49. The van der Waals surface area contributed by atoms with Gasteiger partial charge in [-0.2, -0.15) is 0 Å². The van der Waals surface area contributed by atoms with Crippen LogP contribution in [0, 0.1) is 10.1 Å². The molecule has 1 N–H and O–H groups in total. The minimum absolute atomic E-state index is 0.00302. The minimum atomic E-state index is -0.451. The number of rotatable bonds is 6. The zero-order chi connectivity index (χ0) is 19.2.